The molecule has 0 atom stereocenters. The minimum atomic E-state index is -0.521. The van der Waals surface area contributed by atoms with Crippen LogP contribution in [0, 0.1) is 29.8 Å². The number of amides is 1. The zero-order valence-electron chi connectivity index (χ0n) is 14.1. The number of halogens is 1. The smallest absolute Gasteiger partial charge is 0.271 e. The topological polar surface area (TPSA) is 90.1 Å². The van der Waals surface area contributed by atoms with E-state index in [0.717, 1.165) is 0 Å². The molecule has 1 amide bonds. The molecule has 0 radical (unpaired) electrons. The number of nitro groups is 1. The Labute approximate surface area is 148 Å². The summed E-state index contributed by atoms with van der Waals surface area (Å²) in [6, 6.07) is 9.99. The molecule has 0 aliphatic carbocycles. The lowest BCUT2D eigenvalue weighted by Crippen LogP contribution is -2.14. The summed E-state index contributed by atoms with van der Waals surface area (Å²) >= 11 is 0. The van der Waals surface area contributed by atoms with Crippen LogP contribution in [0.2, 0.25) is 0 Å². The van der Waals surface area contributed by atoms with Gasteiger partial charge in [-0.25, -0.2) is 9.07 Å². The highest BCUT2D eigenvalue weighted by Crippen LogP contribution is 2.23. The summed E-state index contributed by atoms with van der Waals surface area (Å²) in [4.78, 5) is 23.0. The average Bonchev–Trinajstić information content (AvgIpc) is 2.99. The molecular weight excluding hydrogens is 339 g/mol. The van der Waals surface area contributed by atoms with E-state index in [9.17, 15) is 19.3 Å². The molecule has 0 bridgehead atoms. The SMILES string of the molecule is Cc1ccc([N+](=O)[O-])cc1NC(=O)c1cnn(-c2ccc(F)cc2)c1C. The fourth-order valence-corrected chi connectivity index (χ4v) is 2.52. The summed E-state index contributed by atoms with van der Waals surface area (Å²) in [5.74, 6) is -0.794. The summed E-state index contributed by atoms with van der Waals surface area (Å²) in [6.45, 7) is 3.46. The number of benzene rings is 2. The van der Waals surface area contributed by atoms with Gasteiger partial charge < -0.3 is 5.32 Å². The van der Waals surface area contributed by atoms with Gasteiger partial charge in [0.2, 0.25) is 0 Å². The number of anilines is 1. The molecule has 7 nitrogen and oxygen atoms in total. The van der Waals surface area contributed by atoms with Crippen LogP contribution in [0.5, 0.6) is 0 Å². The molecule has 0 fully saturated rings. The second-order valence-electron chi connectivity index (χ2n) is 5.74. The molecule has 8 heteroatoms. The Morgan fingerprint density at radius 2 is 1.88 bits per heavy atom. The van der Waals surface area contributed by atoms with Gasteiger partial charge in [-0.15, -0.1) is 0 Å². The summed E-state index contributed by atoms with van der Waals surface area (Å²) in [6.07, 6.45) is 1.40. The van der Waals surface area contributed by atoms with Crippen LogP contribution < -0.4 is 5.32 Å². The number of aryl methyl sites for hydroxylation is 1. The number of carbonyl (C=O) groups excluding carboxylic acids is 1. The number of nitro benzene ring substituents is 1. The molecule has 2 aromatic carbocycles. The Morgan fingerprint density at radius 1 is 1.19 bits per heavy atom. The lowest BCUT2D eigenvalue weighted by Gasteiger charge is -2.09. The third kappa shape index (κ3) is 3.30. The minimum absolute atomic E-state index is 0.107. The van der Waals surface area contributed by atoms with E-state index in [-0.39, 0.29) is 11.5 Å². The van der Waals surface area contributed by atoms with Gasteiger partial charge in [-0.05, 0) is 43.7 Å². The number of nitrogens with zero attached hydrogens (tertiary/aromatic N) is 3. The number of carbonyl (C=O) groups is 1. The van der Waals surface area contributed by atoms with E-state index in [2.05, 4.69) is 10.4 Å². The Kier molecular flexibility index (Phi) is 4.49. The van der Waals surface area contributed by atoms with Gasteiger partial charge in [-0.3, -0.25) is 14.9 Å². The molecular formula is C18H15FN4O3. The molecule has 1 N–H and O–H groups in total. The van der Waals surface area contributed by atoms with Crippen LogP contribution >= 0.6 is 0 Å². The largest absolute Gasteiger partial charge is 0.321 e. The lowest BCUT2D eigenvalue weighted by molar-refractivity contribution is -0.384. The van der Waals surface area contributed by atoms with Gasteiger partial charge in [0.05, 0.1) is 33.8 Å². The first-order chi connectivity index (χ1) is 12.4. The van der Waals surface area contributed by atoms with E-state index in [4.69, 9.17) is 0 Å². The van der Waals surface area contributed by atoms with Crippen molar-refractivity contribution >= 4 is 17.3 Å². The second kappa shape index (κ2) is 6.75. The van der Waals surface area contributed by atoms with E-state index in [1.165, 1.54) is 35.1 Å². The molecule has 1 aromatic heterocycles. The highest BCUT2D eigenvalue weighted by molar-refractivity contribution is 6.05. The number of rotatable bonds is 4. The predicted octanol–water partition coefficient (Wildman–Crippen LogP) is 3.79. The highest BCUT2D eigenvalue weighted by Gasteiger charge is 2.17. The molecule has 132 valence electrons. The third-order valence-corrected chi connectivity index (χ3v) is 4.01. The van der Waals surface area contributed by atoms with Crippen molar-refractivity contribution in [3.8, 4) is 5.69 Å². The van der Waals surface area contributed by atoms with E-state index >= 15 is 0 Å². The fourth-order valence-electron chi connectivity index (χ4n) is 2.52. The van der Waals surface area contributed by atoms with Gasteiger partial charge in [0.25, 0.3) is 11.6 Å². The zero-order valence-corrected chi connectivity index (χ0v) is 14.1. The van der Waals surface area contributed by atoms with Crippen LogP contribution in [-0.4, -0.2) is 20.6 Å². The van der Waals surface area contributed by atoms with Crippen molar-refractivity contribution < 1.29 is 14.1 Å². The molecule has 0 saturated carbocycles. The van der Waals surface area contributed by atoms with E-state index in [1.54, 1.807) is 32.0 Å². The average molecular weight is 354 g/mol. The molecule has 3 aromatic rings. The summed E-state index contributed by atoms with van der Waals surface area (Å²) < 4.78 is 14.6. The molecule has 0 saturated heterocycles. The number of non-ortho nitro benzene ring substituents is 1. The lowest BCUT2D eigenvalue weighted by atomic mass is 10.1. The maximum Gasteiger partial charge on any atom is 0.271 e. The van der Waals surface area contributed by atoms with Crippen LogP contribution in [0.1, 0.15) is 21.6 Å². The Balaban J connectivity index is 1.89. The Morgan fingerprint density at radius 3 is 2.54 bits per heavy atom. The molecule has 0 unspecified atom stereocenters. The fraction of sp³-hybridized carbons (Fsp3) is 0.111. The predicted molar refractivity (Wildman–Crippen MR) is 94.0 cm³/mol. The van der Waals surface area contributed by atoms with Gasteiger partial charge in [-0.1, -0.05) is 6.07 Å². The number of aromatic nitrogens is 2. The molecule has 3 rings (SSSR count). The maximum absolute atomic E-state index is 13.1. The van der Waals surface area contributed by atoms with Crippen molar-refractivity contribution in [1.29, 1.82) is 0 Å². The molecule has 0 aliphatic heterocycles. The molecule has 1 heterocycles. The molecule has 0 spiro atoms. The Hall–Kier alpha value is -3.55. The van der Waals surface area contributed by atoms with Crippen molar-refractivity contribution in [2.75, 3.05) is 5.32 Å². The monoisotopic (exact) mass is 354 g/mol. The van der Waals surface area contributed by atoms with Crippen LogP contribution in [-0.2, 0) is 0 Å². The van der Waals surface area contributed by atoms with E-state index < -0.39 is 10.8 Å². The number of hydrogen-bond acceptors (Lipinski definition) is 4. The van der Waals surface area contributed by atoms with Crippen molar-refractivity contribution in [1.82, 2.24) is 9.78 Å². The number of nitrogens with one attached hydrogen (secondary N) is 1. The first-order valence-corrected chi connectivity index (χ1v) is 7.74. The normalized spacial score (nSPS) is 10.6. The second-order valence-corrected chi connectivity index (χ2v) is 5.74. The summed E-state index contributed by atoms with van der Waals surface area (Å²) in [5.41, 5.74) is 2.46. The van der Waals surface area contributed by atoms with Gasteiger partial charge in [-0.2, -0.15) is 5.10 Å². The minimum Gasteiger partial charge on any atom is -0.321 e. The third-order valence-electron chi connectivity index (χ3n) is 4.01. The van der Waals surface area contributed by atoms with Crippen LogP contribution in [0.3, 0.4) is 0 Å². The van der Waals surface area contributed by atoms with E-state index in [1.807, 2.05) is 0 Å². The first-order valence-electron chi connectivity index (χ1n) is 7.74. The number of hydrogen-bond donors (Lipinski definition) is 1. The van der Waals surface area contributed by atoms with Crippen LogP contribution in [0.25, 0.3) is 5.69 Å². The van der Waals surface area contributed by atoms with Gasteiger partial charge >= 0.3 is 0 Å². The quantitative estimate of drug-likeness (QED) is 0.570. The van der Waals surface area contributed by atoms with Crippen molar-refractivity contribution in [2.24, 2.45) is 0 Å². The van der Waals surface area contributed by atoms with E-state index in [0.29, 0.717) is 28.2 Å². The Bertz CT molecular complexity index is 996. The van der Waals surface area contributed by atoms with Gasteiger partial charge in [0.1, 0.15) is 5.82 Å². The van der Waals surface area contributed by atoms with Gasteiger partial charge in [0.15, 0.2) is 0 Å². The maximum atomic E-state index is 13.1. The highest BCUT2D eigenvalue weighted by atomic mass is 19.1. The summed E-state index contributed by atoms with van der Waals surface area (Å²) in [5, 5.41) is 17.8. The molecule has 0 aliphatic rings. The molecule has 26 heavy (non-hydrogen) atoms. The first kappa shape index (κ1) is 17.3. The van der Waals surface area contributed by atoms with Gasteiger partial charge in [0, 0.05) is 12.1 Å². The zero-order chi connectivity index (χ0) is 18.8. The van der Waals surface area contributed by atoms with Crippen molar-refractivity contribution in [3.05, 3.63) is 81.4 Å². The van der Waals surface area contributed by atoms with Crippen molar-refractivity contribution in [2.45, 2.75) is 13.8 Å². The summed E-state index contributed by atoms with van der Waals surface area (Å²) in [7, 11) is 0. The standard InChI is InChI=1S/C18H15FN4O3/c1-11-3-6-15(23(25)26)9-17(11)21-18(24)16-10-20-22(12(16)2)14-7-4-13(19)5-8-14/h3-10H,1-2H3,(H,21,24). The van der Waals surface area contributed by atoms with Crippen LogP contribution in [0.4, 0.5) is 15.8 Å². The van der Waals surface area contributed by atoms with Crippen LogP contribution in [0.15, 0.2) is 48.7 Å². The van der Waals surface area contributed by atoms with Crippen molar-refractivity contribution in [3.63, 3.8) is 0 Å².